The van der Waals surface area contributed by atoms with Crippen LogP contribution < -0.4 is 32.6 Å². The lowest BCUT2D eigenvalue weighted by atomic mass is 10.1. The van der Waals surface area contributed by atoms with Crippen LogP contribution in [0.4, 0.5) is 23.1 Å². The highest BCUT2D eigenvalue weighted by Gasteiger charge is 2.23. The number of aromatic nitrogens is 2. The van der Waals surface area contributed by atoms with Gasteiger partial charge in [-0.15, -0.1) is 0 Å². The van der Waals surface area contributed by atoms with Crippen molar-refractivity contribution in [2.75, 3.05) is 34.8 Å². The highest BCUT2D eigenvalue weighted by Crippen LogP contribution is 2.20. The van der Waals surface area contributed by atoms with Gasteiger partial charge < -0.3 is 37.2 Å². The maximum atomic E-state index is 12.3. The summed E-state index contributed by atoms with van der Waals surface area (Å²) in [6.07, 6.45) is -0.587. The summed E-state index contributed by atoms with van der Waals surface area (Å²) in [7, 11) is 0. The fraction of sp³-hybridized carbons (Fsp3) is 0.316. The van der Waals surface area contributed by atoms with E-state index >= 15 is 0 Å². The number of benzene rings is 1. The van der Waals surface area contributed by atoms with Gasteiger partial charge in [-0.1, -0.05) is 0 Å². The molecule has 2 aromatic rings. The maximum absolute atomic E-state index is 12.3. The second kappa shape index (κ2) is 9.68. The van der Waals surface area contributed by atoms with Crippen molar-refractivity contribution in [2.24, 2.45) is 0 Å². The molecule has 32 heavy (non-hydrogen) atoms. The molecule has 13 heteroatoms. The Balaban J connectivity index is 1.54. The molecule has 1 aliphatic heterocycles. The predicted octanol–water partition coefficient (Wildman–Crippen LogP) is -0.282. The molecule has 170 valence electrons. The van der Waals surface area contributed by atoms with Crippen LogP contribution in [0.3, 0.4) is 0 Å². The smallest absolute Gasteiger partial charge is 0.326 e. The average molecular weight is 445 g/mol. The van der Waals surface area contributed by atoms with Crippen LogP contribution in [-0.4, -0.2) is 63.2 Å². The van der Waals surface area contributed by atoms with Gasteiger partial charge in [0.1, 0.15) is 11.7 Å². The Morgan fingerprint density at radius 2 is 1.94 bits per heavy atom. The van der Waals surface area contributed by atoms with Crippen LogP contribution >= 0.6 is 0 Å². The number of carbonyl (C=O) groups is 3. The van der Waals surface area contributed by atoms with Gasteiger partial charge in [0.15, 0.2) is 5.82 Å². The van der Waals surface area contributed by atoms with E-state index in [1.807, 2.05) is 0 Å². The first kappa shape index (κ1) is 22.4. The summed E-state index contributed by atoms with van der Waals surface area (Å²) in [6.45, 7) is 0.960. The SMILES string of the molecule is Nc1nc2c(c(=O)[nH]1)N[C@H](CNc1ccc(C(=O)N[C@H](CCC(=O)O)C(=O)O)cc1)CN2. The van der Waals surface area contributed by atoms with Crippen LogP contribution in [0.15, 0.2) is 29.1 Å². The molecule has 2 heterocycles. The fourth-order valence-electron chi connectivity index (χ4n) is 3.10. The van der Waals surface area contributed by atoms with Gasteiger partial charge >= 0.3 is 11.9 Å². The average Bonchev–Trinajstić information content (AvgIpc) is 2.75. The van der Waals surface area contributed by atoms with Crippen molar-refractivity contribution in [2.45, 2.75) is 24.9 Å². The van der Waals surface area contributed by atoms with E-state index in [9.17, 15) is 19.2 Å². The van der Waals surface area contributed by atoms with Crippen molar-refractivity contribution >= 4 is 41.0 Å². The van der Waals surface area contributed by atoms with Crippen molar-refractivity contribution in [3.63, 3.8) is 0 Å². The van der Waals surface area contributed by atoms with Gasteiger partial charge in [-0.05, 0) is 30.7 Å². The molecular formula is C19H23N7O6. The van der Waals surface area contributed by atoms with E-state index < -0.39 is 23.9 Å². The van der Waals surface area contributed by atoms with Crippen LogP contribution in [-0.2, 0) is 9.59 Å². The molecule has 0 radical (unpaired) electrons. The normalized spacial score (nSPS) is 15.4. The number of aromatic amines is 1. The number of carbonyl (C=O) groups excluding carboxylic acids is 1. The van der Waals surface area contributed by atoms with Gasteiger partial charge in [0.05, 0.1) is 6.04 Å². The number of hydrogen-bond donors (Lipinski definition) is 8. The number of anilines is 4. The molecule has 2 atom stereocenters. The lowest BCUT2D eigenvalue weighted by Gasteiger charge is -2.27. The van der Waals surface area contributed by atoms with Crippen LogP contribution in [0, 0.1) is 0 Å². The Morgan fingerprint density at radius 1 is 1.22 bits per heavy atom. The van der Waals surface area contributed by atoms with Crippen molar-refractivity contribution in [1.82, 2.24) is 15.3 Å². The monoisotopic (exact) mass is 445 g/mol. The van der Waals surface area contributed by atoms with Crippen LogP contribution in [0.25, 0.3) is 0 Å². The van der Waals surface area contributed by atoms with E-state index in [2.05, 4.69) is 31.2 Å². The zero-order chi connectivity index (χ0) is 23.3. The van der Waals surface area contributed by atoms with Gasteiger partial charge in [-0.3, -0.25) is 19.4 Å². The van der Waals surface area contributed by atoms with Crippen LogP contribution in [0.2, 0.25) is 0 Å². The number of aliphatic carboxylic acids is 2. The third kappa shape index (κ3) is 5.65. The molecule has 0 saturated carbocycles. The molecule has 1 aliphatic rings. The topological polar surface area (TPSA) is 212 Å². The summed E-state index contributed by atoms with van der Waals surface area (Å²) in [4.78, 5) is 52.6. The number of H-pyrrole nitrogens is 1. The number of carboxylic acid groups (broad SMARTS) is 2. The number of nitrogen functional groups attached to an aromatic ring is 1. The number of nitrogens with zero attached hydrogens (tertiary/aromatic N) is 1. The molecule has 0 spiro atoms. The number of carboxylic acids is 2. The molecule has 3 rings (SSSR count). The number of rotatable bonds is 9. The summed E-state index contributed by atoms with van der Waals surface area (Å²) < 4.78 is 0. The van der Waals surface area contributed by atoms with Gasteiger partial charge in [-0.25, -0.2) is 4.79 Å². The van der Waals surface area contributed by atoms with Crippen molar-refractivity contribution in [1.29, 1.82) is 0 Å². The number of nitrogens with two attached hydrogens (primary N) is 1. The van der Waals surface area contributed by atoms with E-state index in [1.165, 1.54) is 12.1 Å². The van der Waals surface area contributed by atoms with E-state index in [1.54, 1.807) is 12.1 Å². The number of amides is 1. The molecule has 9 N–H and O–H groups in total. The minimum Gasteiger partial charge on any atom is -0.481 e. The Hall–Kier alpha value is -4.29. The lowest BCUT2D eigenvalue weighted by Crippen LogP contribution is -2.41. The summed E-state index contributed by atoms with van der Waals surface area (Å²) in [6, 6.07) is 4.93. The first-order valence-electron chi connectivity index (χ1n) is 9.72. The quantitative estimate of drug-likeness (QED) is 0.251. The molecule has 1 aromatic heterocycles. The Kier molecular flexibility index (Phi) is 6.77. The molecule has 0 bridgehead atoms. The summed E-state index contributed by atoms with van der Waals surface area (Å²) in [5.74, 6) is -2.64. The predicted molar refractivity (Wildman–Crippen MR) is 116 cm³/mol. The lowest BCUT2D eigenvalue weighted by molar-refractivity contribution is -0.140. The van der Waals surface area contributed by atoms with Crippen molar-refractivity contribution < 1.29 is 24.6 Å². The minimum atomic E-state index is -1.30. The molecule has 0 saturated heterocycles. The highest BCUT2D eigenvalue weighted by molar-refractivity contribution is 5.96. The van der Waals surface area contributed by atoms with Gasteiger partial charge in [0.2, 0.25) is 5.95 Å². The second-order valence-corrected chi connectivity index (χ2v) is 7.15. The fourth-order valence-corrected chi connectivity index (χ4v) is 3.10. The third-order valence-corrected chi connectivity index (χ3v) is 4.75. The summed E-state index contributed by atoms with van der Waals surface area (Å²) >= 11 is 0. The first-order valence-corrected chi connectivity index (χ1v) is 9.72. The number of hydrogen-bond acceptors (Lipinski definition) is 9. The minimum absolute atomic E-state index is 0.0281. The molecule has 0 unspecified atom stereocenters. The summed E-state index contributed by atoms with van der Waals surface area (Å²) in [5.41, 5.74) is 6.40. The second-order valence-electron chi connectivity index (χ2n) is 7.15. The van der Waals surface area contributed by atoms with E-state index in [0.29, 0.717) is 30.3 Å². The van der Waals surface area contributed by atoms with Crippen LogP contribution in [0.1, 0.15) is 23.2 Å². The summed E-state index contributed by atoms with van der Waals surface area (Å²) in [5, 5.41) is 29.5. The Labute approximate surface area is 181 Å². The maximum Gasteiger partial charge on any atom is 0.326 e. The highest BCUT2D eigenvalue weighted by atomic mass is 16.4. The third-order valence-electron chi connectivity index (χ3n) is 4.75. The van der Waals surface area contributed by atoms with Gasteiger partial charge in [0, 0.05) is 30.8 Å². The first-order chi connectivity index (χ1) is 15.2. The van der Waals surface area contributed by atoms with E-state index in [4.69, 9.17) is 15.9 Å². The molecular weight excluding hydrogens is 422 g/mol. The van der Waals surface area contributed by atoms with E-state index in [-0.39, 0.29) is 36.0 Å². The van der Waals surface area contributed by atoms with E-state index in [0.717, 1.165) is 0 Å². The molecule has 1 aromatic carbocycles. The van der Waals surface area contributed by atoms with Crippen molar-refractivity contribution in [3.8, 4) is 0 Å². The molecule has 0 fully saturated rings. The number of fused-ring (bicyclic) bond motifs is 1. The zero-order valence-electron chi connectivity index (χ0n) is 16.8. The van der Waals surface area contributed by atoms with Gasteiger partial charge in [-0.2, -0.15) is 4.98 Å². The molecule has 13 nitrogen and oxygen atoms in total. The Morgan fingerprint density at radius 3 is 2.59 bits per heavy atom. The standard InChI is InChI=1S/C19H23N7O6/c20-19-25-15-14(17(30)26-19)23-11(8-22-15)7-21-10-3-1-9(2-4-10)16(29)24-12(18(31)32)5-6-13(27)28/h1-4,11-12,21,23H,5-8H2,(H,24,29)(H,27,28)(H,31,32)(H4,20,22,25,26,30)/t11-,12-/m1/s1. The van der Waals surface area contributed by atoms with Crippen LogP contribution in [0.5, 0.6) is 0 Å². The zero-order valence-corrected chi connectivity index (χ0v) is 16.8. The number of nitrogens with one attached hydrogen (secondary N) is 5. The van der Waals surface area contributed by atoms with Crippen molar-refractivity contribution in [3.05, 3.63) is 40.2 Å². The largest absolute Gasteiger partial charge is 0.481 e. The Bertz CT molecular complexity index is 1070. The molecule has 1 amide bonds. The van der Waals surface area contributed by atoms with Gasteiger partial charge in [0.25, 0.3) is 11.5 Å². The molecule has 0 aliphatic carbocycles.